The monoisotopic (exact) mass is 153 g/mol. The average Bonchev–Trinajstić information content (AvgIpc) is 2.37. The Bertz CT molecular complexity index is 172. The van der Waals surface area contributed by atoms with Gasteiger partial charge in [-0.2, -0.15) is 0 Å². The summed E-state index contributed by atoms with van der Waals surface area (Å²) in [5, 5.41) is 0. The molecule has 0 aliphatic carbocycles. The van der Waals surface area contributed by atoms with Crippen molar-refractivity contribution >= 4 is 0 Å². The van der Waals surface area contributed by atoms with E-state index in [0.29, 0.717) is 0 Å². The lowest BCUT2D eigenvalue weighted by atomic mass is 10.2. The molecular formula is C9H15NO. The summed E-state index contributed by atoms with van der Waals surface area (Å²) in [5.41, 5.74) is 1.33. The fraction of sp³-hybridized carbons (Fsp3) is 0.556. The Balaban J connectivity index is 2.46. The van der Waals surface area contributed by atoms with Gasteiger partial charge in [0.25, 0.3) is 0 Å². The number of likely N-dealkylation sites (N-methyl/N-ethyl adjacent to an activating group) is 1. The highest BCUT2D eigenvalue weighted by Gasteiger charge is 2.16. The van der Waals surface area contributed by atoms with E-state index in [4.69, 9.17) is 4.74 Å². The Morgan fingerprint density at radius 3 is 3.00 bits per heavy atom. The van der Waals surface area contributed by atoms with Crippen molar-refractivity contribution < 1.29 is 4.74 Å². The normalized spacial score (nSPS) is 23.9. The Morgan fingerprint density at radius 2 is 2.55 bits per heavy atom. The molecule has 1 heterocycles. The van der Waals surface area contributed by atoms with Gasteiger partial charge in [0.2, 0.25) is 0 Å². The summed E-state index contributed by atoms with van der Waals surface area (Å²) in [4.78, 5) is 2.05. The highest BCUT2D eigenvalue weighted by molar-refractivity contribution is 5.13. The van der Waals surface area contributed by atoms with E-state index in [0.717, 1.165) is 13.0 Å². The first kappa shape index (κ1) is 8.50. The topological polar surface area (TPSA) is 12.5 Å². The fourth-order valence-electron chi connectivity index (χ4n) is 1.10. The van der Waals surface area contributed by atoms with Crippen LogP contribution < -0.4 is 0 Å². The van der Waals surface area contributed by atoms with Crippen LogP contribution >= 0.6 is 0 Å². The Hall–Kier alpha value is -0.600. The minimum Gasteiger partial charge on any atom is -0.355 e. The third-order valence-corrected chi connectivity index (χ3v) is 1.73. The molecular weight excluding hydrogens is 138 g/mol. The molecule has 1 unspecified atom stereocenters. The van der Waals surface area contributed by atoms with Crippen molar-refractivity contribution in [1.82, 2.24) is 4.90 Å². The first-order chi connectivity index (χ1) is 5.24. The van der Waals surface area contributed by atoms with Crippen LogP contribution in [-0.4, -0.2) is 31.8 Å². The number of rotatable bonds is 3. The molecule has 0 amide bonds. The molecule has 0 aromatic rings. The van der Waals surface area contributed by atoms with E-state index in [9.17, 15) is 0 Å². The summed E-state index contributed by atoms with van der Waals surface area (Å²) in [5.74, 6) is 0. The molecule has 1 atom stereocenters. The molecule has 0 aromatic carbocycles. The third kappa shape index (κ3) is 2.17. The van der Waals surface area contributed by atoms with E-state index in [1.54, 1.807) is 0 Å². The minimum absolute atomic E-state index is 0.171. The van der Waals surface area contributed by atoms with Crippen molar-refractivity contribution in [2.75, 3.05) is 20.7 Å². The van der Waals surface area contributed by atoms with Crippen LogP contribution in [0.1, 0.15) is 6.42 Å². The van der Waals surface area contributed by atoms with Crippen LogP contribution in [0.15, 0.2) is 24.3 Å². The van der Waals surface area contributed by atoms with Crippen LogP contribution in [0, 0.1) is 0 Å². The Kier molecular flexibility index (Phi) is 2.85. The second-order valence-electron chi connectivity index (χ2n) is 2.98. The summed E-state index contributed by atoms with van der Waals surface area (Å²) >= 11 is 0. The van der Waals surface area contributed by atoms with E-state index in [2.05, 4.69) is 17.6 Å². The molecule has 0 radical (unpaired) electrons. The van der Waals surface area contributed by atoms with Gasteiger partial charge in [-0.1, -0.05) is 6.08 Å². The molecule has 11 heavy (non-hydrogen) atoms. The van der Waals surface area contributed by atoms with E-state index < -0.39 is 0 Å². The lowest BCUT2D eigenvalue weighted by molar-refractivity contribution is 0.0271. The van der Waals surface area contributed by atoms with Gasteiger partial charge >= 0.3 is 0 Å². The van der Waals surface area contributed by atoms with Gasteiger partial charge in [-0.05, 0) is 32.2 Å². The van der Waals surface area contributed by atoms with Gasteiger partial charge < -0.3 is 4.74 Å². The van der Waals surface area contributed by atoms with Gasteiger partial charge in [0.15, 0.2) is 0 Å². The lowest BCUT2D eigenvalue weighted by Gasteiger charge is -2.15. The molecule has 0 N–H and O–H groups in total. The minimum atomic E-state index is 0.171. The van der Waals surface area contributed by atoms with E-state index in [1.807, 2.05) is 20.2 Å². The van der Waals surface area contributed by atoms with Crippen LogP contribution in [0.25, 0.3) is 0 Å². The molecule has 2 heteroatoms. The molecule has 0 saturated carbocycles. The summed E-state index contributed by atoms with van der Waals surface area (Å²) in [7, 11) is 4.02. The Morgan fingerprint density at radius 1 is 1.82 bits per heavy atom. The highest BCUT2D eigenvalue weighted by atomic mass is 16.5. The van der Waals surface area contributed by atoms with E-state index >= 15 is 0 Å². The van der Waals surface area contributed by atoms with Gasteiger partial charge in [-0.3, -0.25) is 4.90 Å². The summed E-state index contributed by atoms with van der Waals surface area (Å²) in [6.07, 6.45) is 5.18. The molecule has 62 valence electrons. The maximum atomic E-state index is 5.47. The molecule has 0 fully saturated rings. The zero-order valence-corrected chi connectivity index (χ0v) is 7.21. The largest absolute Gasteiger partial charge is 0.355 e. The van der Waals surface area contributed by atoms with Crippen LogP contribution in [0.5, 0.6) is 0 Å². The van der Waals surface area contributed by atoms with E-state index in [1.165, 1.54) is 5.57 Å². The van der Waals surface area contributed by atoms with Gasteiger partial charge in [-0.25, -0.2) is 0 Å². The van der Waals surface area contributed by atoms with Crippen molar-refractivity contribution in [2.24, 2.45) is 0 Å². The molecule has 1 rings (SSSR count). The number of hydrogen-bond donors (Lipinski definition) is 0. The molecule has 1 aliphatic rings. The van der Waals surface area contributed by atoms with Gasteiger partial charge in [0.1, 0.15) is 6.23 Å². The van der Waals surface area contributed by atoms with Crippen LogP contribution in [0.2, 0.25) is 0 Å². The van der Waals surface area contributed by atoms with Gasteiger partial charge in [0.05, 0.1) is 6.61 Å². The average molecular weight is 153 g/mol. The van der Waals surface area contributed by atoms with Crippen LogP contribution in [0.3, 0.4) is 0 Å². The van der Waals surface area contributed by atoms with Crippen LogP contribution in [0.4, 0.5) is 0 Å². The third-order valence-electron chi connectivity index (χ3n) is 1.73. The smallest absolute Gasteiger partial charge is 0.130 e. The van der Waals surface area contributed by atoms with Crippen LogP contribution in [-0.2, 0) is 4.74 Å². The quantitative estimate of drug-likeness (QED) is 0.568. The summed E-state index contributed by atoms with van der Waals surface area (Å²) in [6.45, 7) is 4.44. The standard InChI is InChI=1S/C9H15NO/c1-4-5-8-6-9(10(2)3)11-7-8/h4,6,9H,1,5,7H2,2-3H3. The highest BCUT2D eigenvalue weighted by Crippen LogP contribution is 2.15. The molecule has 0 saturated heterocycles. The number of ether oxygens (including phenoxy) is 1. The van der Waals surface area contributed by atoms with Crippen molar-refractivity contribution in [3.05, 3.63) is 24.3 Å². The first-order valence-electron chi connectivity index (χ1n) is 3.82. The number of hydrogen-bond acceptors (Lipinski definition) is 2. The zero-order chi connectivity index (χ0) is 8.27. The molecule has 2 nitrogen and oxygen atoms in total. The second-order valence-corrected chi connectivity index (χ2v) is 2.98. The maximum Gasteiger partial charge on any atom is 0.130 e. The van der Waals surface area contributed by atoms with Gasteiger partial charge in [0, 0.05) is 0 Å². The zero-order valence-electron chi connectivity index (χ0n) is 7.21. The number of nitrogens with zero attached hydrogens (tertiary/aromatic N) is 1. The van der Waals surface area contributed by atoms with Crippen molar-refractivity contribution in [3.8, 4) is 0 Å². The number of allylic oxidation sites excluding steroid dienone is 1. The molecule has 0 spiro atoms. The summed E-state index contributed by atoms with van der Waals surface area (Å²) < 4.78 is 5.47. The van der Waals surface area contributed by atoms with Gasteiger partial charge in [-0.15, -0.1) is 6.58 Å². The molecule has 1 aliphatic heterocycles. The SMILES string of the molecule is C=CCC1=CC(N(C)C)OC1. The predicted octanol–water partition coefficient (Wildman–Crippen LogP) is 1.41. The maximum absolute atomic E-state index is 5.47. The fourth-order valence-corrected chi connectivity index (χ4v) is 1.10. The first-order valence-corrected chi connectivity index (χ1v) is 3.82. The lowest BCUT2D eigenvalue weighted by Crippen LogP contribution is -2.25. The predicted molar refractivity (Wildman–Crippen MR) is 46.3 cm³/mol. The molecule has 0 bridgehead atoms. The molecule has 0 aromatic heterocycles. The Labute approximate surface area is 68.1 Å². The second kappa shape index (κ2) is 3.69. The van der Waals surface area contributed by atoms with Crippen molar-refractivity contribution in [2.45, 2.75) is 12.6 Å². The van der Waals surface area contributed by atoms with Crippen molar-refractivity contribution in [1.29, 1.82) is 0 Å². The summed E-state index contributed by atoms with van der Waals surface area (Å²) in [6, 6.07) is 0. The van der Waals surface area contributed by atoms with E-state index in [-0.39, 0.29) is 6.23 Å². The van der Waals surface area contributed by atoms with Crippen molar-refractivity contribution in [3.63, 3.8) is 0 Å².